The molecule has 1 fully saturated rings. The van der Waals surface area contributed by atoms with Gasteiger partial charge in [0.25, 0.3) is 11.5 Å². The molecule has 2 aromatic rings. The van der Waals surface area contributed by atoms with E-state index in [0.29, 0.717) is 25.0 Å². The van der Waals surface area contributed by atoms with Crippen LogP contribution in [-0.4, -0.2) is 33.3 Å². The van der Waals surface area contributed by atoms with E-state index in [1.54, 1.807) is 4.57 Å². The molecule has 7 nitrogen and oxygen atoms in total. The van der Waals surface area contributed by atoms with Crippen LogP contribution in [0.1, 0.15) is 43.1 Å². The Labute approximate surface area is 152 Å². The maximum absolute atomic E-state index is 12.8. The smallest absolute Gasteiger partial charge is 0.286 e. The summed E-state index contributed by atoms with van der Waals surface area (Å²) in [5.74, 6) is 0.505. The normalized spacial score (nSPS) is 22.1. The molecule has 1 aromatic carbocycles. The van der Waals surface area contributed by atoms with Crippen LogP contribution < -0.4 is 15.8 Å². The minimum Gasteiger partial charge on any atom is -0.347 e. The quantitative estimate of drug-likeness (QED) is 0.914. The van der Waals surface area contributed by atoms with E-state index >= 15 is 0 Å². The zero-order valence-electron chi connectivity index (χ0n) is 14.9. The Balaban J connectivity index is 1.58. The Hall–Kier alpha value is -2.70. The Morgan fingerprint density at radius 3 is 2.65 bits per heavy atom. The number of rotatable bonds is 3. The molecule has 1 amide bonds. The number of hydrogen-bond acceptors (Lipinski definition) is 5. The van der Waals surface area contributed by atoms with Crippen molar-refractivity contribution >= 4 is 17.5 Å². The number of fused-ring (bicyclic) bond motifs is 1. The predicted molar refractivity (Wildman–Crippen MR) is 98.6 cm³/mol. The van der Waals surface area contributed by atoms with Crippen LogP contribution in [0.25, 0.3) is 0 Å². The molecule has 1 aromatic heterocycles. The molecule has 1 aliphatic carbocycles. The van der Waals surface area contributed by atoms with Gasteiger partial charge >= 0.3 is 0 Å². The first kappa shape index (κ1) is 16.8. The molecule has 26 heavy (non-hydrogen) atoms. The summed E-state index contributed by atoms with van der Waals surface area (Å²) < 4.78 is 1.54. The third-order valence-corrected chi connectivity index (χ3v) is 5.43. The Bertz CT molecular complexity index is 864. The van der Waals surface area contributed by atoms with Gasteiger partial charge in [-0.2, -0.15) is 0 Å². The summed E-state index contributed by atoms with van der Waals surface area (Å²) in [5.41, 5.74) is 0.483. The van der Waals surface area contributed by atoms with E-state index in [0.717, 1.165) is 24.9 Å². The van der Waals surface area contributed by atoms with Crippen molar-refractivity contribution in [3.8, 4) is 0 Å². The first-order chi connectivity index (χ1) is 12.6. The number of para-hydroxylation sites is 1. The van der Waals surface area contributed by atoms with Crippen molar-refractivity contribution < 1.29 is 4.79 Å². The number of benzene rings is 1. The second-order valence-corrected chi connectivity index (χ2v) is 7.13. The highest BCUT2D eigenvalue weighted by Gasteiger charge is 2.29. The molecule has 7 heteroatoms. The summed E-state index contributed by atoms with van der Waals surface area (Å²) >= 11 is 0. The molecular formula is C19H23N5O2. The van der Waals surface area contributed by atoms with Crippen molar-refractivity contribution in [1.82, 2.24) is 20.1 Å². The number of nitrogens with zero attached hydrogens (tertiary/aromatic N) is 4. The molecule has 0 radical (unpaired) electrons. The minimum atomic E-state index is -0.408. The van der Waals surface area contributed by atoms with Gasteiger partial charge in [0.1, 0.15) is 0 Å². The Morgan fingerprint density at radius 2 is 1.88 bits per heavy atom. The molecule has 0 bridgehead atoms. The molecule has 0 unspecified atom stereocenters. The van der Waals surface area contributed by atoms with E-state index in [9.17, 15) is 9.59 Å². The number of hydrogen-bond donors (Lipinski definition) is 1. The van der Waals surface area contributed by atoms with E-state index in [1.165, 1.54) is 6.42 Å². The van der Waals surface area contributed by atoms with Gasteiger partial charge < -0.3 is 10.2 Å². The zero-order valence-corrected chi connectivity index (χ0v) is 14.9. The summed E-state index contributed by atoms with van der Waals surface area (Å²) in [4.78, 5) is 27.3. The van der Waals surface area contributed by atoms with Crippen LogP contribution in [0.15, 0.2) is 35.1 Å². The summed E-state index contributed by atoms with van der Waals surface area (Å²) in [6, 6.07) is 9.86. The largest absolute Gasteiger partial charge is 0.347 e. The van der Waals surface area contributed by atoms with Crippen LogP contribution in [0, 0.1) is 5.92 Å². The van der Waals surface area contributed by atoms with Gasteiger partial charge in [0.2, 0.25) is 11.6 Å². The van der Waals surface area contributed by atoms with Crippen LogP contribution in [0.2, 0.25) is 0 Å². The first-order valence-electron chi connectivity index (χ1n) is 9.26. The lowest BCUT2D eigenvalue weighted by Gasteiger charge is -2.29. The molecule has 2 aliphatic rings. The van der Waals surface area contributed by atoms with Crippen LogP contribution in [0.4, 0.5) is 11.6 Å². The van der Waals surface area contributed by atoms with Gasteiger partial charge in [0, 0.05) is 24.8 Å². The maximum atomic E-state index is 12.8. The average molecular weight is 353 g/mol. The van der Waals surface area contributed by atoms with Gasteiger partial charge in [0.05, 0.1) is 0 Å². The van der Waals surface area contributed by atoms with Gasteiger partial charge in [-0.05, 0) is 30.9 Å². The third kappa shape index (κ3) is 2.98. The van der Waals surface area contributed by atoms with Crippen molar-refractivity contribution in [3.05, 3.63) is 46.4 Å². The van der Waals surface area contributed by atoms with Gasteiger partial charge in [-0.1, -0.05) is 38.0 Å². The topological polar surface area (TPSA) is 80.1 Å². The first-order valence-corrected chi connectivity index (χ1v) is 9.26. The molecule has 4 rings (SSSR count). The standard InChI is InChI=1S/C19H23N5O2/c1-13-7-5-6-10-15(13)20-17(25)16-18(26)24-12-11-23(19(24)22-21-16)14-8-3-2-4-9-14/h2-4,8-9,13,15H,5-7,10-12H2,1H3,(H,20,25)/t13-,15+/m1/s1. The number of carbonyl (C=O) groups is 1. The predicted octanol–water partition coefficient (Wildman–Crippen LogP) is 2.10. The van der Waals surface area contributed by atoms with Gasteiger partial charge in [0.15, 0.2) is 0 Å². The van der Waals surface area contributed by atoms with E-state index in [2.05, 4.69) is 22.4 Å². The average Bonchev–Trinajstić information content (AvgIpc) is 3.09. The van der Waals surface area contributed by atoms with Gasteiger partial charge in [-0.3, -0.25) is 14.2 Å². The lowest BCUT2D eigenvalue weighted by Crippen LogP contribution is -2.44. The molecule has 2 atom stereocenters. The molecular weight excluding hydrogens is 330 g/mol. The fourth-order valence-corrected chi connectivity index (χ4v) is 3.87. The van der Waals surface area contributed by atoms with Gasteiger partial charge in [-0.15, -0.1) is 10.2 Å². The second-order valence-electron chi connectivity index (χ2n) is 7.13. The van der Waals surface area contributed by atoms with Gasteiger partial charge in [-0.25, -0.2) is 0 Å². The van der Waals surface area contributed by atoms with E-state index in [4.69, 9.17) is 0 Å². The number of aromatic nitrogens is 3. The highest BCUT2D eigenvalue weighted by molar-refractivity contribution is 5.92. The number of nitrogens with one attached hydrogen (secondary N) is 1. The molecule has 2 heterocycles. The maximum Gasteiger partial charge on any atom is 0.286 e. The lowest BCUT2D eigenvalue weighted by atomic mass is 9.86. The monoisotopic (exact) mass is 353 g/mol. The van der Waals surface area contributed by atoms with E-state index in [-0.39, 0.29) is 17.3 Å². The summed E-state index contributed by atoms with van der Waals surface area (Å²) in [6.45, 7) is 3.28. The molecule has 1 aliphatic heterocycles. The number of carbonyl (C=O) groups excluding carboxylic acids is 1. The lowest BCUT2D eigenvalue weighted by molar-refractivity contribution is 0.0901. The summed E-state index contributed by atoms with van der Waals surface area (Å²) in [6.07, 6.45) is 4.36. The molecule has 1 N–H and O–H groups in total. The van der Waals surface area contributed by atoms with Crippen molar-refractivity contribution in [2.45, 2.75) is 45.2 Å². The number of amides is 1. The Kier molecular flexibility index (Phi) is 4.44. The third-order valence-electron chi connectivity index (χ3n) is 5.43. The van der Waals surface area contributed by atoms with Crippen molar-refractivity contribution in [3.63, 3.8) is 0 Å². The fourth-order valence-electron chi connectivity index (χ4n) is 3.87. The highest BCUT2D eigenvalue weighted by Crippen LogP contribution is 2.26. The minimum absolute atomic E-state index is 0.108. The van der Waals surface area contributed by atoms with Crippen LogP contribution >= 0.6 is 0 Å². The molecule has 0 spiro atoms. The fraction of sp³-hybridized carbons (Fsp3) is 0.474. The second kappa shape index (κ2) is 6.90. The van der Waals surface area contributed by atoms with Crippen molar-refractivity contribution in [1.29, 1.82) is 0 Å². The zero-order chi connectivity index (χ0) is 18.1. The van der Waals surface area contributed by atoms with Crippen LogP contribution in [-0.2, 0) is 6.54 Å². The molecule has 0 saturated heterocycles. The number of anilines is 2. The SMILES string of the molecule is C[C@@H]1CCCC[C@@H]1NC(=O)c1nnc2n(c1=O)CCN2c1ccccc1. The molecule has 136 valence electrons. The van der Waals surface area contributed by atoms with Crippen molar-refractivity contribution in [2.75, 3.05) is 11.4 Å². The van der Waals surface area contributed by atoms with E-state index < -0.39 is 5.91 Å². The summed E-state index contributed by atoms with van der Waals surface area (Å²) in [5, 5.41) is 11.2. The Morgan fingerprint density at radius 1 is 1.12 bits per heavy atom. The van der Waals surface area contributed by atoms with Crippen LogP contribution in [0.3, 0.4) is 0 Å². The van der Waals surface area contributed by atoms with Crippen molar-refractivity contribution in [2.24, 2.45) is 5.92 Å². The highest BCUT2D eigenvalue weighted by atomic mass is 16.2. The van der Waals surface area contributed by atoms with E-state index in [1.807, 2.05) is 35.2 Å². The van der Waals surface area contributed by atoms with Crippen LogP contribution in [0.5, 0.6) is 0 Å². The molecule has 1 saturated carbocycles. The summed E-state index contributed by atoms with van der Waals surface area (Å²) in [7, 11) is 0.